The summed E-state index contributed by atoms with van der Waals surface area (Å²) >= 11 is 0. The van der Waals surface area contributed by atoms with E-state index in [9.17, 15) is 5.11 Å². The highest BCUT2D eigenvalue weighted by Crippen LogP contribution is 2.23. The van der Waals surface area contributed by atoms with Crippen LogP contribution in [0.3, 0.4) is 0 Å². The summed E-state index contributed by atoms with van der Waals surface area (Å²) in [7, 11) is 0. The molecule has 2 aromatic rings. The molecular weight excluding hydrogens is 526 g/mol. The van der Waals surface area contributed by atoms with Crippen LogP contribution < -0.4 is 0 Å². The molecule has 3 heteroatoms. The highest BCUT2D eigenvalue weighted by molar-refractivity contribution is 5.15. The molecule has 0 radical (unpaired) electrons. The molecule has 1 unspecified atom stereocenters. The van der Waals surface area contributed by atoms with Crippen LogP contribution in [0.25, 0.3) is 0 Å². The van der Waals surface area contributed by atoms with Crippen molar-refractivity contribution in [1.82, 2.24) is 0 Å². The van der Waals surface area contributed by atoms with E-state index in [1.54, 1.807) is 0 Å². The summed E-state index contributed by atoms with van der Waals surface area (Å²) in [5.74, 6) is 0. The fraction of sp³-hybridized carbons (Fsp3) is 0.700. The topological polar surface area (TPSA) is 29.5 Å². The zero-order chi connectivity index (χ0) is 30.7. The van der Waals surface area contributed by atoms with Gasteiger partial charge in [0.25, 0.3) is 0 Å². The number of aliphatic hydroxyl groups excluding tert-OH is 1. The average molecular weight is 595 g/mol. The van der Waals surface area contributed by atoms with E-state index in [0.717, 1.165) is 63.1 Å². The Morgan fingerprint density at radius 1 is 0.535 bits per heavy atom. The first-order chi connectivity index (χ1) is 21.2. The van der Waals surface area contributed by atoms with Crippen LogP contribution in [0.2, 0.25) is 0 Å². The van der Waals surface area contributed by atoms with E-state index in [2.05, 4.69) is 74.5 Å². The lowest BCUT2D eigenvalue weighted by molar-refractivity contribution is -0.956. The lowest BCUT2D eigenvalue weighted by Crippen LogP contribution is -2.52. The van der Waals surface area contributed by atoms with E-state index in [0.29, 0.717) is 0 Å². The Balaban J connectivity index is 1.83. The molecule has 2 aromatic carbocycles. The van der Waals surface area contributed by atoms with Gasteiger partial charge in [-0.1, -0.05) is 184 Å². The second-order valence-corrected chi connectivity index (χ2v) is 13.2. The van der Waals surface area contributed by atoms with Crippen LogP contribution in [0.4, 0.5) is 0 Å². The average Bonchev–Trinajstić information content (AvgIpc) is 3.02. The van der Waals surface area contributed by atoms with Gasteiger partial charge in [-0.3, -0.25) is 0 Å². The van der Waals surface area contributed by atoms with Gasteiger partial charge in [0, 0.05) is 17.7 Å². The van der Waals surface area contributed by atoms with E-state index in [4.69, 9.17) is 4.74 Å². The predicted octanol–water partition coefficient (Wildman–Crippen LogP) is 11.0. The summed E-state index contributed by atoms with van der Waals surface area (Å²) in [6.45, 7) is 9.71. The largest absolute Gasteiger partial charge is 0.387 e. The minimum atomic E-state index is -0.282. The van der Waals surface area contributed by atoms with E-state index in [1.807, 2.05) is 0 Å². The lowest BCUT2D eigenvalue weighted by atomic mass is 10.0. The normalized spacial score (nSPS) is 12.5. The van der Waals surface area contributed by atoms with Crippen molar-refractivity contribution in [3.63, 3.8) is 0 Å². The third kappa shape index (κ3) is 19.3. The van der Waals surface area contributed by atoms with Crippen molar-refractivity contribution in [3.05, 3.63) is 71.8 Å². The Morgan fingerprint density at radius 2 is 0.953 bits per heavy atom. The highest BCUT2D eigenvalue weighted by atomic mass is 16.5. The maximum Gasteiger partial charge on any atom is 0.106 e. The summed E-state index contributed by atoms with van der Waals surface area (Å²) in [5, 5.41) is 11.3. The molecule has 1 atom stereocenters. The SMILES string of the molecule is CCCCCCCCCCCCCCOCC[N+](Cc1ccccc1)(Cc1ccccc1)CC(O)CCCCCCCC. The number of hydrogen-bond donors (Lipinski definition) is 1. The Kier molecular flexibility index (Phi) is 22.4. The van der Waals surface area contributed by atoms with Crippen LogP contribution in [-0.4, -0.2) is 42.0 Å². The van der Waals surface area contributed by atoms with Crippen LogP contribution in [-0.2, 0) is 17.8 Å². The van der Waals surface area contributed by atoms with Gasteiger partial charge in [0.15, 0.2) is 0 Å². The number of quaternary nitrogens is 1. The monoisotopic (exact) mass is 595 g/mol. The third-order valence-electron chi connectivity index (χ3n) is 9.06. The van der Waals surface area contributed by atoms with Gasteiger partial charge in [-0.25, -0.2) is 0 Å². The summed E-state index contributed by atoms with van der Waals surface area (Å²) < 4.78 is 7.11. The van der Waals surface area contributed by atoms with E-state index < -0.39 is 0 Å². The van der Waals surface area contributed by atoms with Gasteiger partial charge in [-0.05, 0) is 12.8 Å². The van der Waals surface area contributed by atoms with Gasteiger partial charge in [0.2, 0.25) is 0 Å². The maximum atomic E-state index is 11.3. The lowest BCUT2D eigenvalue weighted by Gasteiger charge is -2.40. The number of aliphatic hydroxyl groups is 1. The molecule has 0 amide bonds. The smallest absolute Gasteiger partial charge is 0.106 e. The molecule has 0 aliphatic rings. The van der Waals surface area contributed by atoms with Crippen LogP contribution in [0.1, 0.15) is 147 Å². The molecule has 0 fully saturated rings. The van der Waals surface area contributed by atoms with Crippen LogP contribution in [0, 0.1) is 0 Å². The molecule has 0 aromatic heterocycles. The van der Waals surface area contributed by atoms with Crippen molar-refractivity contribution in [2.24, 2.45) is 0 Å². The number of rotatable bonds is 29. The summed E-state index contributed by atoms with van der Waals surface area (Å²) in [6, 6.07) is 21.7. The quantitative estimate of drug-likeness (QED) is 0.0750. The summed E-state index contributed by atoms with van der Waals surface area (Å²) in [6.07, 6.45) is 24.6. The molecule has 3 nitrogen and oxygen atoms in total. The van der Waals surface area contributed by atoms with Crippen LogP contribution >= 0.6 is 0 Å². The van der Waals surface area contributed by atoms with Gasteiger partial charge < -0.3 is 14.3 Å². The predicted molar refractivity (Wildman–Crippen MR) is 186 cm³/mol. The number of nitrogens with zero attached hydrogens (tertiary/aromatic N) is 1. The molecule has 0 aliphatic carbocycles. The maximum absolute atomic E-state index is 11.3. The Hall–Kier alpha value is -1.68. The van der Waals surface area contributed by atoms with E-state index in [-0.39, 0.29) is 6.10 Å². The number of unbranched alkanes of at least 4 members (excludes halogenated alkanes) is 16. The molecule has 244 valence electrons. The van der Waals surface area contributed by atoms with Crippen molar-refractivity contribution in [3.8, 4) is 0 Å². The van der Waals surface area contributed by atoms with E-state index in [1.165, 1.54) is 114 Å². The van der Waals surface area contributed by atoms with E-state index >= 15 is 0 Å². The molecule has 1 N–H and O–H groups in total. The summed E-state index contributed by atoms with van der Waals surface area (Å²) in [5.41, 5.74) is 2.68. The van der Waals surface area contributed by atoms with Crippen molar-refractivity contribution in [1.29, 1.82) is 0 Å². The molecule has 0 saturated carbocycles. The zero-order valence-corrected chi connectivity index (χ0v) is 28.3. The molecule has 2 rings (SSSR count). The van der Waals surface area contributed by atoms with Gasteiger partial charge >= 0.3 is 0 Å². The van der Waals surface area contributed by atoms with Gasteiger partial charge in [-0.2, -0.15) is 0 Å². The Bertz CT molecular complexity index is 814. The molecule has 0 heterocycles. The molecule has 0 saturated heterocycles. The minimum Gasteiger partial charge on any atom is -0.387 e. The fourth-order valence-corrected chi connectivity index (χ4v) is 6.48. The van der Waals surface area contributed by atoms with Crippen molar-refractivity contribution in [2.75, 3.05) is 26.3 Å². The van der Waals surface area contributed by atoms with Crippen molar-refractivity contribution in [2.45, 2.75) is 155 Å². The summed E-state index contributed by atoms with van der Waals surface area (Å²) in [4.78, 5) is 0. The van der Waals surface area contributed by atoms with Gasteiger partial charge in [0.05, 0.1) is 6.61 Å². The minimum absolute atomic E-state index is 0.282. The van der Waals surface area contributed by atoms with Crippen LogP contribution in [0.5, 0.6) is 0 Å². The second kappa shape index (κ2) is 25.6. The first-order valence-corrected chi connectivity index (χ1v) is 18.4. The standard InChI is InChI=1S/C40H68NO2/c1-3-5-7-9-11-12-13-14-15-16-18-26-33-43-34-32-41(35-38-27-21-19-22-28-38,36-39-29-23-20-24-30-39)37-40(42)31-25-17-10-8-6-4-2/h19-24,27-30,40,42H,3-18,25-26,31-37H2,1-2H3/q+1. The van der Waals surface area contributed by atoms with Gasteiger partial charge in [-0.15, -0.1) is 0 Å². The molecule has 0 bridgehead atoms. The number of benzene rings is 2. The third-order valence-corrected chi connectivity index (χ3v) is 9.06. The fourth-order valence-electron chi connectivity index (χ4n) is 6.48. The second-order valence-electron chi connectivity index (χ2n) is 13.2. The van der Waals surface area contributed by atoms with Crippen LogP contribution in [0.15, 0.2) is 60.7 Å². The highest BCUT2D eigenvalue weighted by Gasteiger charge is 2.31. The first kappa shape index (κ1) is 37.5. The molecular formula is C40H68NO2+. The number of hydrogen-bond acceptors (Lipinski definition) is 2. The van der Waals surface area contributed by atoms with Crippen molar-refractivity contribution >= 4 is 0 Å². The molecule has 0 spiro atoms. The first-order valence-electron chi connectivity index (χ1n) is 18.4. The van der Waals surface area contributed by atoms with Crippen molar-refractivity contribution < 1.29 is 14.3 Å². The Morgan fingerprint density at radius 3 is 1.42 bits per heavy atom. The molecule has 0 aliphatic heterocycles. The number of ether oxygens (including phenoxy) is 1. The zero-order valence-electron chi connectivity index (χ0n) is 28.3. The molecule has 43 heavy (non-hydrogen) atoms. The van der Waals surface area contributed by atoms with Gasteiger partial charge in [0.1, 0.15) is 32.3 Å². The Labute approximate surface area is 267 Å².